The molecule has 0 bridgehead atoms. The van der Waals surface area contributed by atoms with Crippen molar-refractivity contribution in [2.75, 3.05) is 25.0 Å². The van der Waals surface area contributed by atoms with Crippen molar-refractivity contribution >= 4 is 21.4 Å². The van der Waals surface area contributed by atoms with Gasteiger partial charge in [0.2, 0.25) is 10.0 Å². The molecular formula is C18H31N3O4S. The van der Waals surface area contributed by atoms with Crippen molar-refractivity contribution in [2.45, 2.75) is 58.1 Å². The molecule has 1 aromatic carbocycles. The molecule has 0 amide bonds. The van der Waals surface area contributed by atoms with E-state index in [-0.39, 0.29) is 0 Å². The number of nitrogens with one attached hydrogen (secondary N) is 2. The van der Waals surface area contributed by atoms with Crippen molar-refractivity contribution in [1.29, 1.82) is 0 Å². The van der Waals surface area contributed by atoms with Crippen molar-refractivity contribution in [3.8, 4) is 5.75 Å². The third-order valence-corrected chi connectivity index (χ3v) is 5.77. The number of ether oxygens (including phenoxy) is 1. The van der Waals surface area contributed by atoms with Crippen molar-refractivity contribution in [1.82, 2.24) is 4.72 Å². The third-order valence-electron chi connectivity index (χ3n) is 3.93. The number of unbranched alkanes of at least 4 members (excludes halogenated alkanes) is 3. The van der Waals surface area contributed by atoms with E-state index in [1.807, 2.05) is 6.07 Å². The van der Waals surface area contributed by atoms with Crippen LogP contribution in [0.5, 0.6) is 5.75 Å². The Labute approximate surface area is 156 Å². The van der Waals surface area contributed by atoms with Crippen LogP contribution in [0.2, 0.25) is 0 Å². The summed E-state index contributed by atoms with van der Waals surface area (Å²) in [5, 5.41) is 5.85. The molecule has 1 aromatic rings. The molecule has 0 saturated heterocycles. The highest BCUT2D eigenvalue weighted by molar-refractivity contribution is 7.90. The molecule has 7 nitrogen and oxygen atoms in total. The first-order chi connectivity index (χ1) is 12.4. The van der Waals surface area contributed by atoms with Crippen molar-refractivity contribution in [2.24, 2.45) is 5.18 Å². The fraction of sp³-hybridized carbons (Fsp3) is 0.667. The van der Waals surface area contributed by atoms with Crippen LogP contribution in [0.25, 0.3) is 0 Å². The van der Waals surface area contributed by atoms with Gasteiger partial charge in [-0.15, -0.1) is 4.91 Å². The van der Waals surface area contributed by atoms with Gasteiger partial charge in [-0.25, -0.2) is 13.1 Å². The normalized spacial score (nSPS) is 11.5. The van der Waals surface area contributed by atoms with Gasteiger partial charge < -0.3 is 10.1 Å². The van der Waals surface area contributed by atoms with E-state index in [4.69, 9.17) is 4.74 Å². The fourth-order valence-electron chi connectivity index (χ4n) is 2.19. The van der Waals surface area contributed by atoms with Crippen LogP contribution in [0.3, 0.4) is 0 Å². The number of benzene rings is 1. The molecule has 0 atom stereocenters. The van der Waals surface area contributed by atoms with Gasteiger partial charge in [0.15, 0.2) is 0 Å². The van der Waals surface area contributed by atoms with Gasteiger partial charge in [-0.05, 0) is 50.4 Å². The lowest BCUT2D eigenvalue weighted by Gasteiger charge is -2.11. The SMILES string of the molecule is CCCCOc1ccc(NCCCCCNS(=O)(=O)C(C)C)c(N=O)c1. The lowest BCUT2D eigenvalue weighted by atomic mass is 10.2. The number of nitrogens with zero attached hydrogens (tertiary/aromatic N) is 1. The van der Waals surface area contributed by atoms with E-state index in [0.717, 1.165) is 32.1 Å². The minimum Gasteiger partial charge on any atom is -0.494 e. The van der Waals surface area contributed by atoms with Crippen LogP contribution in [0.4, 0.5) is 11.4 Å². The zero-order valence-corrected chi connectivity index (χ0v) is 16.8. The maximum Gasteiger partial charge on any atom is 0.213 e. The van der Waals surface area contributed by atoms with E-state index in [9.17, 15) is 13.3 Å². The first-order valence-electron chi connectivity index (χ1n) is 9.23. The largest absolute Gasteiger partial charge is 0.494 e. The summed E-state index contributed by atoms with van der Waals surface area (Å²) in [7, 11) is -3.18. The van der Waals surface area contributed by atoms with Crippen LogP contribution in [-0.4, -0.2) is 33.4 Å². The molecule has 148 valence electrons. The maximum atomic E-state index is 11.6. The average Bonchev–Trinajstić information content (AvgIpc) is 2.61. The molecule has 0 spiro atoms. The van der Waals surface area contributed by atoms with E-state index in [0.29, 0.717) is 36.8 Å². The average molecular weight is 386 g/mol. The number of sulfonamides is 1. The molecular weight excluding hydrogens is 354 g/mol. The summed E-state index contributed by atoms with van der Waals surface area (Å²) in [6.45, 7) is 7.17. The van der Waals surface area contributed by atoms with Crippen LogP contribution in [0.15, 0.2) is 23.4 Å². The Kier molecular flexibility index (Phi) is 10.2. The lowest BCUT2D eigenvalue weighted by molar-refractivity contribution is 0.309. The Balaban J connectivity index is 2.31. The smallest absolute Gasteiger partial charge is 0.213 e. The molecule has 0 heterocycles. The number of hydrogen-bond acceptors (Lipinski definition) is 6. The van der Waals surface area contributed by atoms with E-state index >= 15 is 0 Å². The summed E-state index contributed by atoms with van der Waals surface area (Å²) in [6, 6.07) is 5.27. The summed E-state index contributed by atoms with van der Waals surface area (Å²) in [4.78, 5) is 11.0. The van der Waals surface area contributed by atoms with Crippen LogP contribution in [0.1, 0.15) is 52.9 Å². The first-order valence-corrected chi connectivity index (χ1v) is 10.8. The van der Waals surface area contributed by atoms with E-state index < -0.39 is 15.3 Å². The molecule has 0 aliphatic rings. The minimum absolute atomic E-state index is 0.337. The van der Waals surface area contributed by atoms with Gasteiger partial charge in [0.1, 0.15) is 11.4 Å². The van der Waals surface area contributed by atoms with Crippen LogP contribution < -0.4 is 14.8 Å². The zero-order chi connectivity index (χ0) is 19.4. The van der Waals surface area contributed by atoms with Gasteiger partial charge in [-0.3, -0.25) is 0 Å². The lowest BCUT2D eigenvalue weighted by Crippen LogP contribution is -2.31. The van der Waals surface area contributed by atoms with E-state index in [2.05, 4.69) is 22.1 Å². The van der Waals surface area contributed by atoms with Gasteiger partial charge in [0.25, 0.3) is 0 Å². The van der Waals surface area contributed by atoms with Gasteiger partial charge in [-0.2, -0.15) is 0 Å². The molecule has 1 rings (SSSR count). The maximum absolute atomic E-state index is 11.6. The molecule has 8 heteroatoms. The Morgan fingerprint density at radius 3 is 2.50 bits per heavy atom. The van der Waals surface area contributed by atoms with Crippen molar-refractivity contribution in [3.63, 3.8) is 0 Å². The summed E-state index contributed by atoms with van der Waals surface area (Å²) in [5.41, 5.74) is 1.02. The Bertz CT molecular complexity index is 648. The molecule has 0 fully saturated rings. The highest BCUT2D eigenvalue weighted by Gasteiger charge is 2.13. The van der Waals surface area contributed by atoms with Gasteiger partial charge >= 0.3 is 0 Å². The molecule has 0 unspecified atom stereocenters. The minimum atomic E-state index is -3.18. The van der Waals surface area contributed by atoms with Crippen LogP contribution in [-0.2, 0) is 10.0 Å². The van der Waals surface area contributed by atoms with Gasteiger partial charge in [0.05, 0.1) is 17.5 Å². The predicted octanol–water partition coefficient (Wildman–Crippen LogP) is 4.17. The highest BCUT2D eigenvalue weighted by Crippen LogP contribution is 2.29. The number of anilines is 1. The monoisotopic (exact) mass is 385 g/mol. The topological polar surface area (TPSA) is 96.9 Å². The Hall–Kier alpha value is -1.67. The van der Waals surface area contributed by atoms with Crippen LogP contribution in [0, 0.1) is 4.91 Å². The molecule has 0 aliphatic heterocycles. The number of nitroso groups, excluding NO2 is 1. The van der Waals surface area contributed by atoms with Crippen molar-refractivity contribution in [3.05, 3.63) is 23.1 Å². The van der Waals surface area contributed by atoms with Gasteiger partial charge in [0, 0.05) is 19.2 Å². The second-order valence-electron chi connectivity index (χ2n) is 6.45. The fourth-order valence-corrected chi connectivity index (χ4v) is 2.95. The summed E-state index contributed by atoms with van der Waals surface area (Å²) < 4.78 is 31.4. The van der Waals surface area contributed by atoms with Crippen LogP contribution >= 0.6 is 0 Å². The standard InChI is InChI=1S/C18H31N3O4S/c1-4-5-13-25-16-9-10-17(18(14-16)21-22)19-11-7-6-8-12-20-26(23,24)15(2)3/h9-10,14-15,19-20H,4-8,11-13H2,1-3H3. The van der Waals surface area contributed by atoms with E-state index in [1.54, 1.807) is 26.0 Å². The molecule has 26 heavy (non-hydrogen) atoms. The predicted molar refractivity (Wildman–Crippen MR) is 107 cm³/mol. The molecule has 0 radical (unpaired) electrons. The summed E-state index contributed by atoms with van der Waals surface area (Å²) in [6.07, 6.45) is 4.55. The second kappa shape index (κ2) is 11.9. The number of hydrogen-bond donors (Lipinski definition) is 2. The van der Waals surface area contributed by atoms with Gasteiger partial charge in [-0.1, -0.05) is 19.8 Å². The Morgan fingerprint density at radius 2 is 1.85 bits per heavy atom. The molecule has 0 saturated carbocycles. The van der Waals surface area contributed by atoms with Crippen molar-refractivity contribution < 1.29 is 13.2 Å². The quantitative estimate of drug-likeness (QED) is 0.370. The van der Waals surface area contributed by atoms with E-state index in [1.165, 1.54) is 0 Å². The molecule has 0 aliphatic carbocycles. The zero-order valence-electron chi connectivity index (χ0n) is 16.0. The molecule has 0 aromatic heterocycles. The summed E-state index contributed by atoms with van der Waals surface area (Å²) >= 11 is 0. The highest BCUT2D eigenvalue weighted by atomic mass is 32.2. The summed E-state index contributed by atoms with van der Waals surface area (Å²) in [5.74, 6) is 0.649. The second-order valence-corrected chi connectivity index (χ2v) is 8.77. The third kappa shape index (κ3) is 8.14. The first kappa shape index (κ1) is 22.4. The molecule has 2 N–H and O–H groups in total. The Morgan fingerprint density at radius 1 is 1.12 bits per heavy atom. The number of rotatable bonds is 14.